The normalized spacial score (nSPS) is 13.8. The van der Waals surface area contributed by atoms with Crippen molar-refractivity contribution in [1.29, 1.82) is 0 Å². The third-order valence-corrected chi connectivity index (χ3v) is 11.8. The number of unbranched alkanes of at least 4 members (excludes halogenated alkanes) is 32. The van der Waals surface area contributed by atoms with E-state index in [1.54, 1.807) is 6.08 Å². The molecule has 0 aliphatic heterocycles. The van der Waals surface area contributed by atoms with E-state index in [1.165, 1.54) is 199 Å². The van der Waals surface area contributed by atoms with Gasteiger partial charge in [0.1, 0.15) is 0 Å². The predicted molar refractivity (Wildman–Crippen MR) is 259 cm³/mol. The van der Waals surface area contributed by atoms with Gasteiger partial charge in [-0.15, -0.1) is 0 Å². The van der Waals surface area contributed by atoms with Crippen LogP contribution in [0.4, 0.5) is 0 Å². The van der Waals surface area contributed by atoms with Gasteiger partial charge in [-0.2, -0.15) is 0 Å². The molecular formula is C54H101NO4. The van der Waals surface area contributed by atoms with Crippen molar-refractivity contribution in [2.75, 3.05) is 6.61 Å². The van der Waals surface area contributed by atoms with Crippen LogP contribution in [-0.4, -0.2) is 46.1 Å². The second kappa shape index (κ2) is 49.0. The number of rotatable bonds is 47. The Morgan fingerprint density at radius 1 is 0.424 bits per heavy atom. The molecule has 5 nitrogen and oxygen atoms in total. The molecular weight excluding hydrogens is 727 g/mol. The summed E-state index contributed by atoms with van der Waals surface area (Å²) in [7, 11) is 0. The van der Waals surface area contributed by atoms with Gasteiger partial charge in [-0.25, -0.2) is 0 Å². The first-order chi connectivity index (χ1) is 29.0. The summed E-state index contributed by atoms with van der Waals surface area (Å²) in [5, 5.41) is 33.3. The maximum Gasteiger partial charge on any atom is 0.222 e. The van der Waals surface area contributed by atoms with Crippen molar-refractivity contribution in [2.24, 2.45) is 0 Å². The van der Waals surface area contributed by atoms with Crippen LogP contribution in [0.3, 0.4) is 0 Å². The van der Waals surface area contributed by atoms with Gasteiger partial charge in [-0.3, -0.25) is 4.79 Å². The first-order valence-corrected chi connectivity index (χ1v) is 25.9. The van der Waals surface area contributed by atoms with E-state index in [2.05, 4.69) is 55.6 Å². The number of carbonyl (C=O) groups excluding carboxylic acids is 1. The number of aliphatic hydroxyl groups is 3. The summed E-state index contributed by atoms with van der Waals surface area (Å²) in [6, 6.07) is -0.768. The molecule has 0 saturated carbocycles. The molecule has 0 radical (unpaired) electrons. The van der Waals surface area contributed by atoms with E-state index in [0.29, 0.717) is 6.42 Å². The lowest BCUT2D eigenvalue weighted by atomic mass is 10.0. The second-order valence-electron chi connectivity index (χ2n) is 17.8. The van der Waals surface area contributed by atoms with Crippen LogP contribution in [0.1, 0.15) is 264 Å². The van der Waals surface area contributed by atoms with Crippen LogP contribution in [0.5, 0.6) is 0 Å². The number of aliphatic hydroxyl groups excluding tert-OH is 3. The summed E-state index contributed by atoms with van der Waals surface area (Å²) in [4.78, 5) is 12.5. The molecule has 0 rings (SSSR count). The highest BCUT2D eigenvalue weighted by Gasteiger charge is 2.20. The highest BCUT2D eigenvalue weighted by molar-refractivity contribution is 5.76. The molecule has 0 aromatic carbocycles. The van der Waals surface area contributed by atoms with Crippen molar-refractivity contribution in [3.05, 3.63) is 48.6 Å². The lowest BCUT2D eigenvalue weighted by Crippen LogP contribution is -2.45. The molecule has 3 atom stereocenters. The van der Waals surface area contributed by atoms with E-state index >= 15 is 0 Å². The van der Waals surface area contributed by atoms with E-state index in [-0.39, 0.29) is 18.9 Å². The van der Waals surface area contributed by atoms with E-state index in [1.807, 2.05) is 6.08 Å². The van der Waals surface area contributed by atoms with Gasteiger partial charge in [-0.1, -0.05) is 236 Å². The summed E-state index contributed by atoms with van der Waals surface area (Å²) in [5.74, 6) is -0.329. The molecule has 0 saturated heterocycles. The Labute approximate surface area is 367 Å². The van der Waals surface area contributed by atoms with Crippen molar-refractivity contribution < 1.29 is 20.1 Å². The lowest BCUT2D eigenvalue weighted by molar-refractivity contribution is -0.124. The van der Waals surface area contributed by atoms with E-state index in [0.717, 1.165) is 38.5 Å². The highest BCUT2D eigenvalue weighted by Crippen LogP contribution is 2.16. The first-order valence-electron chi connectivity index (χ1n) is 25.9. The van der Waals surface area contributed by atoms with Gasteiger partial charge in [0.15, 0.2) is 0 Å². The Balaban J connectivity index is 3.59. The van der Waals surface area contributed by atoms with Crippen molar-refractivity contribution in [2.45, 2.75) is 283 Å². The van der Waals surface area contributed by atoms with Crippen LogP contribution < -0.4 is 5.32 Å². The summed E-state index contributed by atoms with van der Waals surface area (Å²) in [5.41, 5.74) is 0. The molecule has 0 bridgehead atoms. The summed E-state index contributed by atoms with van der Waals surface area (Å²) < 4.78 is 0. The van der Waals surface area contributed by atoms with E-state index in [9.17, 15) is 20.1 Å². The van der Waals surface area contributed by atoms with Gasteiger partial charge in [0.25, 0.3) is 0 Å². The minimum absolute atomic E-state index is 0.00244. The molecule has 0 aromatic rings. The van der Waals surface area contributed by atoms with Gasteiger partial charge in [0.05, 0.1) is 31.3 Å². The van der Waals surface area contributed by atoms with Crippen LogP contribution in [0, 0.1) is 0 Å². The number of nitrogens with one attached hydrogen (secondary N) is 1. The molecule has 1 amide bonds. The zero-order chi connectivity index (χ0) is 43.0. The second-order valence-corrected chi connectivity index (χ2v) is 17.8. The van der Waals surface area contributed by atoms with Crippen LogP contribution in [-0.2, 0) is 4.79 Å². The molecule has 4 N–H and O–H groups in total. The molecule has 346 valence electrons. The largest absolute Gasteiger partial charge is 0.394 e. The zero-order valence-electron chi connectivity index (χ0n) is 39.4. The third-order valence-electron chi connectivity index (χ3n) is 11.8. The van der Waals surface area contributed by atoms with Gasteiger partial charge >= 0.3 is 0 Å². The fourth-order valence-electron chi connectivity index (χ4n) is 7.84. The van der Waals surface area contributed by atoms with Crippen molar-refractivity contribution in [3.8, 4) is 0 Å². The fraction of sp³-hybridized carbons (Fsp3) is 0.833. The van der Waals surface area contributed by atoms with Crippen LogP contribution in [0.2, 0.25) is 0 Å². The average Bonchev–Trinajstić information content (AvgIpc) is 3.23. The molecule has 0 aromatic heterocycles. The Morgan fingerprint density at radius 2 is 0.729 bits per heavy atom. The minimum Gasteiger partial charge on any atom is -0.394 e. The Morgan fingerprint density at radius 3 is 1.08 bits per heavy atom. The highest BCUT2D eigenvalue weighted by atomic mass is 16.3. The SMILES string of the molecule is CCCCCCC/C=C/CC/C=C/CC/C=C/C(O)C(CO)NC(=O)CC(O)CCCCCCCCCCCCCCC/C=C\CCCCCCCCCCCCCC. The fourth-order valence-corrected chi connectivity index (χ4v) is 7.84. The Kier molecular flexibility index (Phi) is 47.6. The topological polar surface area (TPSA) is 89.8 Å². The van der Waals surface area contributed by atoms with E-state index in [4.69, 9.17) is 0 Å². The molecule has 0 heterocycles. The van der Waals surface area contributed by atoms with Crippen molar-refractivity contribution in [1.82, 2.24) is 5.32 Å². The van der Waals surface area contributed by atoms with Gasteiger partial charge in [0.2, 0.25) is 5.91 Å². The number of amides is 1. The summed E-state index contributed by atoms with van der Waals surface area (Å²) in [6.45, 7) is 4.19. The number of hydrogen-bond acceptors (Lipinski definition) is 4. The molecule has 0 fully saturated rings. The van der Waals surface area contributed by atoms with Gasteiger partial charge < -0.3 is 20.6 Å². The van der Waals surface area contributed by atoms with Crippen LogP contribution in [0.25, 0.3) is 0 Å². The number of carbonyl (C=O) groups is 1. The molecule has 5 heteroatoms. The predicted octanol–water partition coefficient (Wildman–Crippen LogP) is 15.7. The first kappa shape index (κ1) is 57.3. The minimum atomic E-state index is -0.960. The van der Waals surface area contributed by atoms with Crippen molar-refractivity contribution >= 4 is 5.91 Å². The summed E-state index contributed by atoms with van der Waals surface area (Å²) in [6.07, 6.45) is 64.3. The zero-order valence-corrected chi connectivity index (χ0v) is 39.4. The molecule has 3 unspecified atom stereocenters. The van der Waals surface area contributed by atoms with Crippen LogP contribution >= 0.6 is 0 Å². The molecule has 0 aliphatic carbocycles. The average molecular weight is 828 g/mol. The lowest BCUT2D eigenvalue weighted by Gasteiger charge is -2.21. The van der Waals surface area contributed by atoms with Crippen molar-refractivity contribution in [3.63, 3.8) is 0 Å². The molecule has 0 spiro atoms. The van der Waals surface area contributed by atoms with Crippen LogP contribution in [0.15, 0.2) is 48.6 Å². The smallest absolute Gasteiger partial charge is 0.222 e. The standard InChI is InChI=1S/C54H101NO4/c1-3-5-7-9-11-13-15-17-19-20-21-22-23-24-25-26-27-28-29-30-31-32-34-35-37-39-41-43-45-47-51(57)49-54(59)55-52(50-56)53(58)48-46-44-42-40-38-36-33-18-16-14-12-10-8-6-4-2/h16,18,24-25,38,40,46,48,51-53,56-58H,3-15,17,19-23,26-37,39,41-45,47,49-50H2,1-2H3,(H,55,59)/b18-16+,25-24-,40-38+,48-46+. The number of allylic oxidation sites excluding steroid dienone is 7. The molecule has 59 heavy (non-hydrogen) atoms. The Hall–Kier alpha value is -1.69. The van der Waals surface area contributed by atoms with Gasteiger partial charge in [-0.05, 0) is 70.6 Å². The number of hydrogen-bond donors (Lipinski definition) is 4. The maximum absolute atomic E-state index is 12.5. The quantitative estimate of drug-likeness (QED) is 0.0363. The van der Waals surface area contributed by atoms with E-state index < -0.39 is 18.2 Å². The Bertz CT molecular complexity index is 958. The van der Waals surface area contributed by atoms with Gasteiger partial charge in [0, 0.05) is 0 Å². The maximum atomic E-state index is 12.5. The monoisotopic (exact) mass is 828 g/mol. The third kappa shape index (κ3) is 45.7. The molecule has 0 aliphatic rings. The summed E-state index contributed by atoms with van der Waals surface area (Å²) >= 11 is 0.